The Balaban J connectivity index is 0.00000187. The molecular formula is C24H25F3N2O4. The Morgan fingerprint density at radius 2 is 1.82 bits per heavy atom. The zero-order valence-electron chi connectivity index (χ0n) is 18.3. The number of alkyl halides is 3. The smallest absolute Gasteiger partial charge is 0.497 e. The molecule has 33 heavy (non-hydrogen) atoms. The molecule has 0 aliphatic rings. The van der Waals surface area contributed by atoms with Crippen molar-refractivity contribution in [2.45, 2.75) is 25.7 Å². The van der Waals surface area contributed by atoms with Crippen molar-refractivity contribution < 1.29 is 32.5 Å². The summed E-state index contributed by atoms with van der Waals surface area (Å²) >= 11 is 0. The number of benzene rings is 2. The third-order valence-electron chi connectivity index (χ3n) is 4.59. The first-order chi connectivity index (χ1) is 15.7. The average Bonchev–Trinajstić information content (AvgIpc) is 2.79. The lowest BCUT2D eigenvalue weighted by atomic mass is 10.0. The van der Waals surface area contributed by atoms with E-state index in [4.69, 9.17) is 9.84 Å². The highest BCUT2D eigenvalue weighted by Crippen LogP contribution is 2.34. The molecule has 3 aromatic rings. The molecule has 1 amide bonds. The quantitative estimate of drug-likeness (QED) is 0.477. The Bertz CT molecular complexity index is 1090. The maximum atomic E-state index is 12.5. The maximum Gasteiger partial charge on any atom is 0.573 e. The van der Waals surface area contributed by atoms with E-state index in [1.54, 1.807) is 25.1 Å². The van der Waals surface area contributed by atoms with E-state index in [9.17, 15) is 18.0 Å². The van der Waals surface area contributed by atoms with Gasteiger partial charge in [-0.2, -0.15) is 0 Å². The highest BCUT2D eigenvalue weighted by Gasteiger charge is 2.31. The molecule has 1 atom stereocenters. The predicted octanol–water partition coefficient (Wildman–Crippen LogP) is 5.11. The lowest BCUT2D eigenvalue weighted by Gasteiger charge is -2.14. The number of fused-ring (bicyclic) bond motifs is 1. The molecule has 1 unspecified atom stereocenters. The number of nitrogens with zero attached hydrogens (tertiary/aromatic N) is 1. The number of hydrogen-bond donors (Lipinski definition) is 2. The molecule has 1 heterocycles. The van der Waals surface area contributed by atoms with Gasteiger partial charge in [-0.3, -0.25) is 9.78 Å². The normalized spacial score (nSPS) is 11.8. The number of rotatable bonds is 7. The first-order valence-electron chi connectivity index (χ1n) is 9.96. The van der Waals surface area contributed by atoms with Crippen LogP contribution in [0, 0.1) is 0 Å². The van der Waals surface area contributed by atoms with Gasteiger partial charge in [0.05, 0.1) is 18.2 Å². The van der Waals surface area contributed by atoms with Crippen LogP contribution in [0.2, 0.25) is 0 Å². The van der Waals surface area contributed by atoms with Gasteiger partial charge in [-0.15, -0.1) is 26.3 Å². The van der Waals surface area contributed by atoms with Gasteiger partial charge in [0.2, 0.25) is 0 Å². The van der Waals surface area contributed by atoms with Gasteiger partial charge in [0, 0.05) is 29.8 Å². The van der Waals surface area contributed by atoms with Crippen LogP contribution in [0.4, 0.5) is 13.2 Å². The van der Waals surface area contributed by atoms with Crippen LogP contribution in [0.1, 0.15) is 23.7 Å². The van der Waals surface area contributed by atoms with Crippen molar-refractivity contribution in [3.8, 4) is 22.6 Å². The van der Waals surface area contributed by atoms with Crippen LogP contribution < -0.4 is 14.8 Å². The van der Waals surface area contributed by atoms with Crippen molar-refractivity contribution >= 4 is 16.8 Å². The Hall–Kier alpha value is -3.59. The molecule has 3 rings (SSSR count). The molecule has 6 nitrogen and oxygen atoms in total. The number of aromatic nitrogens is 1. The number of aliphatic hydroxyl groups is 1. The number of nitrogens with one attached hydrogen (secondary N) is 1. The predicted molar refractivity (Wildman–Crippen MR) is 120 cm³/mol. The summed E-state index contributed by atoms with van der Waals surface area (Å²) in [5.74, 6) is -0.146. The van der Waals surface area contributed by atoms with Crippen molar-refractivity contribution in [1.82, 2.24) is 10.3 Å². The number of pyridine rings is 1. The minimum atomic E-state index is -4.77. The Morgan fingerprint density at radius 3 is 2.39 bits per heavy atom. The van der Waals surface area contributed by atoms with E-state index in [1.807, 2.05) is 0 Å². The largest absolute Gasteiger partial charge is 0.573 e. The van der Waals surface area contributed by atoms with E-state index in [2.05, 4.69) is 28.2 Å². The number of amides is 1. The van der Waals surface area contributed by atoms with Gasteiger partial charge >= 0.3 is 6.36 Å². The number of carbonyl (C=O) groups excluding carboxylic acids is 1. The first-order valence-corrected chi connectivity index (χ1v) is 9.96. The summed E-state index contributed by atoms with van der Waals surface area (Å²) in [5.41, 5.74) is 2.14. The molecule has 0 aliphatic heterocycles. The van der Waals surface area contributed by atoms with Crippen LogP contribution in [0.25, 0.3) is 22.0 Å². The zero-order valence-corrected chi connectivity index (χ0v) is 18.3. The molecule has 0 bridgehead atoms. The minimum absolute atomic E-state index is 0.0369. The summed E-state index contributed by atoms with van der Waals surface area (Å²) in [6.45, 7) is 7.75. The fraction of sp³-hybridized carbons (Fsp3) is 0.250. The number of methoxy groups -OCH3 is 1. The van der Waals surface area contributed by atoms with Gasteiger partial charge in [-0.1, -0.05) is 12.1 Å². The fourth-order valence-electron chi connectivity index (χ4n) is 3.09. The van der Waals surface area contributed by atoms with Crippen molar-refractivity contribution in [1.29, 1.82) is 0 Å². The molecule has 176 valence electrons. The van der Waals surface area contributed by atoms with Crippen LogP contribution >= 0.6 is 0 Å². The lowest BCUT2D eigenvalue weighted by Crippen LogP contribution is -2.33. The van der Waals surface area contributed by atoms with E-state index >= 15 is 0 Å². The van der Waals surface area contributed by atoms with Crippen molar-refractivity contribution in [2.75, 3.05) is 13.7 Å². The monoisotopic (exact) mass is 462 g/mol. The molecule has 0 aliphatic carbocycles. The van der Waals surface area contributed by atoms with Gasteiger partial charge in [-0.05, 0) is 49.2 Å². The Kier molecular flexibility index (Phi) is 8.81. The standard InChI is InChI=1S/C22H21F3N2O4.C2H4/c1-13(7-8-28)27-21(29)16-9-15-10-18(30-2)11-19(20(15)26-12-16)14-3-5-17(6-4-14)31-22(23,24)25;1-2/h3-6,9-13,28H,7-8H2,1-2H3,(H,27,29);1-2H2. The summed E-state index contributed by atoms with van der Waals surface area (Å²) in [6, 6.07) is 10.3. The molecule has 2 aromatic carbocycles. The second-order valence-corrected chi connectivity index (χ2v) is 6.93. The van der Waals surface area contributed by atoms with E-state index in [0.717, 1.165) is 0 Å². The van der Waals surface area contributed by atoms with Gasteiger partial charge in [0.1, 0.15) is 11.5 Å². The number of ether oxygens (including phenoxy) is 2. The lowest BCUT2D eigenvalue weighted by molar-refractivity contribution is -0.274. The summed E-state index contributed by atoms with van der Waals surface area (Å²) in [7, 11) is 1.49. The summed E-state index contributed by atoms with van der Waals surface area (Å²) in [6.07, 6.45) is -2.91. The number of hydrogen-bond acceptors (Lipinski definition) is 5. The maximum absolute atomic E-state index is 12.5. The highest BCUT2D eigenvalue weighted by atomic mass is 19.4. The minimum Gasteiger partial charge on any atom is -0.497 e. The van der Waals surface area contributed by atoms with Crippen LogP contribution in [-0.2, 0) is 0 Å². The van der Waals surface area contributed by atoms with E-state index in [1.165, 1.54) is 37.6 Å². The molecular weight excluding hydrogens is 437 g/mol. The Morgan fingerprint density at radius 1 is 1.15 bits per heavy atom. The first kappa shape index (κ1) is 25.7. The SMILES string of the molecule is C=C.COc1cc(-c2ccc(OC(F)(F)F)cc2)c2ncc(C(=O)NC(C)CCO)cc2c1. The highest BCUT2D eigenvalue weighted by molar-refractivity contribution is 6.01. The van der Waals surface area contributed by atoms with E-state index in [0.29, 0.717) is 39.8 Å². The number of aliphatic hydroxyl groups excluding tert-OH is 1. The molecule has 0 spiro atoms. The Labute approximate surface area is 189 Å². The summed E-state index contributed by atoms with van der Waals surface area (Å²) in [4.78, 5) is 16.9. The molecule has 0 fully saturated rings. The molecule has 0 saturated carbocycles. The second-order valence-electron chi connectivity index (χ2n) is 6.93. The number of carbonyl (C=O) groups is 1. The fourth-order valence-corrected chi connectivity index (χ4v) is 3.09. The van der Waals surface area contributed by atoms with Gasteiger partial charge in [0.25, 0.3) is 5.91 Å². The van der Waals surface area contributed by atoms with Crippen molar-refractivity contribution in [3.63, 3.8) is 0 Å². The third-order valence-corrected chi connectivity index (χ3v) is 4.59. The van der Waals surface area contributed by atoms with Crippen LogP contribution in [-0.4, -0.2) is 42.1 Å². The summed E-state index contributed by atoms with van der Waals surface area (Å²) in [5, 5.41) is 12.4. The van der Waals surface area contributed by atoms with Crippen LogP contribution in [0.15, 0.2) is 61.8 Å². The van der Waals surface area contributed by atoms with Crippen LogP contribution in [0.3, 0.4) is 0 Å². The van der Waals surface area contributed by atoms with Gasteiger partial charge < -0.3 is 19.9 Å². The molecule has 9 heteroatoms. The van der Waals surface area contributed by atoms with Crippen LogP contribution in [0.5, 0.6) is 11.5 Å². The van der Waals surface area contributed by atoms with Gasteiger partial charge in [0.15, 0.2) is 0 Å². The molecule has 0 radical (unpaired) electrons. The van der Waals surface area contributed by atoms with Crippen molar-refractivity contribution in [2.24, 2.45) is 0 Å². The summed E-state index contributed by atoms with van der Waals surface area (Å²) < 4.78 is 46.5. The van der Waals surface area contributed by atoms with Gasteiger partial charge in [-0.25, -0.2) is 0 Å². The third kappa shape index (κ3) is 6.95. The van der Waals surface area contributed by atoms with Crippen molar-refractivity contribution in [3.05, 3.63) is 67.4 Å². The van der Waals surface area contributed by atoms with E-state index < -0.39 is 6.36 Å². The average molecular weight is 462 g/mol. The number of halogens is 3. The molecule has 1 aromatic heterocycles. The second kappa shape index (κ2) is 11.3. The van der Waals surface area contributed by atoms with E-state index in [-0.39, 0.29) is 24.3 Å². The molecule has 2 N–H and O–H groups in total. The topological polar surface area (TPSA) is 80.7 Å². The zero-order chi connectivity index (χ0) is 24.6. The molecule has 0 saturated heterocycles.